The van der Waals surface area contributed by atoms with Crippen LogP contribution >= 0.6 is 0 Å². The molecule has 0 saturated carbocycles. The van der Waals surface area contributed by atoms with Gasteiger partial charge in [-0.1, -0.05) is 56.5 Å². The molecule has 2 aliphatic rings. The van der Waals surface area contributed by atoms with Gasteiger partial charge in [-0.25, -0.2) is 4.39 Å². The second-order valence-electron chi connectivity index (χ2n) is 7.93. The fourth-order valence-electron chi connectivity index (χ4n) is 3.92. The second-order valence-corrected chi connectivity index (χ2v) is 7.93. The molecule has 1 aliphatic heterocycles. The minimum atomic E-state index is -0.210. The Morgan fingerprint density at radius 2 is 1.77 bits per heavy atom. The summed E-state index contributed by atoms with van der Waals surface area (Å²) in [4.78, 5) is 0. The molecule has 1 fully saturated rings. The number of rotatable bonds is 8. The summed E-state index contributed by atoms with van der Waals surface area (Å²) in [7, 11) is 0. The van der Waals surface area contributed by atoms with E-state index in [1.54, 1.807) is 6.08 Å². The first-order chi connectivity index (χ1) is 12.7. The number of aryl methyl sites for hydroxylation is 1. The van der Waals surface area contributed by atoms with Crippen molar-refractivity contribution in [1.29, 1.82) is 0 Å². The molecule has 0 radical (unpaired) electrons. The lowest BCUT2D eigenvalue weighted by Crippen LogP contribution is -2.27. The van der Waals surface area contributed by atoms with Crippen LogP contribution in [0.4, 0.5) is 4.39 Å². The van der Waals surface area contributed by atoms with E-state index in [9.17, 15) is 4.39 Å². The Hall–Kier alpha value is -1.19. The van der Waals surface area contributed by atoms with Gasteiger partial charge in [-0.15, -0.1) is 0 Å². The normalized spacial score (nSPS) is 26.5. The zero-order valence-corrected chi connectivity index (χ0v) is 16.1. The third kappa shape index (κ3) is 5.92. The molecule has 1 heterocycles. The predicted molar refractivity (Wildman–Crippen MR) is 104 cm³/mol. The lowest BCUT2D eigenvalue weighted by atomic mass is 9.88. The largest absolute Gasteiger partial charge is 0.348 e. The smallest absolute Gasteiger partial charge is 0.183 e. The Bertz CT molecular complexity index is 558. The van der Waals surface area contributed by atoms with Crippen molar-refractivity contribution in [3.05, 3.63) is 47.3 Å². The third-order valence-corrected chi connectivity index (χ3v) is 5.74. The van der Waals surface area contributed by atoms with E-state index in [1.807, 2.05) is 0 Å². The van der Waals surface area contributed by atoms with Crippen LogP contribution in [0.25, 0.3) is 0 Å². The molecular formula is C23H33FO2. The van der Waals surface area contributed by atoms with E-state index in [-0.39, 0.29) is 12.1 Å². The lowest BCUT2D eigenvalue weighted by molar-refractivity contribution is -0.206. The molecule has 1 unspecified atom stereocenters. The fraction of sp³-hybridized carbons (Fsp3) is 0.652. The van der Waals surface area contributed by atoms with E-state index >= 15 is 0 Å². The molecule has 144 valence electrons. The predicted octanol–water partition coefficient (Wildman–Crippen LogP) is 6.51. The van der Waals surface area contributed by atoms with Crippen LogP contribution < -0.4 is 0 Å². The summed E-state index contributed by atoms with van der Waals surface area (Å²) in [6.07, 6.45) is 11.3. The van der Waals surface area contributed by atoms with Crippen LogP contribution in [0.5, 0.6) is 0 Å². The summed E-state index contributed by atoms with van der Waals surface area (Å²) in [5, 5.41) is 0. The molecule has 3 heteroatoms. The first kappa shape index (κ1) is 19.6. The first-order valence-electron chi connectivity index (χ1n) is 10.4. The van der Waals surface area contributed by atoms with Gasteiger partial charge in [0.25, 0.3) is 0 Å². The van der Waals surface area contributed by atoms with Gasteiger partial charge >= 0.3 is 0 Å². The highest BCUT2D eigenvalue weighted by Crippen LogP contribution is 2.29. The summed E-state index contributed by atoms with van der Waals surface area (Å²) in [5.41, 5.74) is 2.46. The van der Waals surface area contributed by atoms with Crippen LogP contribution in [-0.4, -0.2) is 13.2 Å². The van der Waals surface area contributed by atoms with E-state index in [1.165, 1.54) is 31.2 Å². The highest BCUT2D eigenvalue weighted by molar-refractivity contribution is 5.23. The number of allylic oxidation sites excluding steroid dienone is 2. The van der Waals surface area contributed by atoms with Gasteiger partial charge in [0.05, 0.1) is 19.0 Å². The molecule has 1 aromatic carbocycles. The van der Waals surface area contributed by atoms with Gasteiger partial charge < -0.3 is 9.47 Å². The minimum absolute atomic E-state index is 0.0747. The maximum Gasteiger partial charge on any atom is 0.183 e. The molecule has 1 saturated heterocycles. The molecule has 0 bridgehead atoms. The van der Waals surface area contributed by atoms with Crippen LogP contribution in [0.2, 0.25) is 0 Å². The van der Waals surface area contributed by atoms with E-state index in [0.717, 1.165) is 44.5 Å². The quantitative estimate of drug-likeness (QED) is 0.492. The van der Waals surface area contributed by atoms with Crippen molar-refractivity contribution in [3.8, 4) is 0 Å². The molecule has 0 N–H and O–H groups in total. The van der Waals surface area contributed by atoms with Crippen molar-refractivity contribution in [2.45, 2.75) is 71.0 Å². The average Bonchev–Trinajstić information content (AvgIpc) is 2.69. The van der Waals surface area contributed by atoms with E-state index in [4.69, 9.17) is 9.47 Å². The summed E-state index contributed by atoms with van der Waals surface area (Å²) < 4.78 is 25.0. The van der Waals surface area contributed by atoms with Crippen molar-refractivity contribution in [2.75, 3.05) is 13.2 Å². The SMILES string of the molecule is CCCCCC1COC(c2ccc(CCC3CC=C(F)CC3)cc2)OC1. The van der Waals surface area contributed by atoms with Crippen LogP contribution in [-0.2, 0) is 15.9 Å². The first-order valence-corrected chi connectivity index (χ1v) is 10.4. The molecule has 1 atom stereocenters. The molecule has 0 aromatic heterocycles. The summed E-state index contributed by atoms with van der Waals surface area (Å²) in [5.74, 6) is 1.25. The van der Waals surface area contributed by atoms with Crippen LogP contribution in [0.15, 0.2) is 36.2 Å². The number of hydrogen-bond acceptors (Lipinski definition) is 2. The van der Waals surface area contributed by atoms with E-state index in [2.05, 4.69) is 31.2 Å². The molecule has 0 amide bonds. The summed E-state index contributed by atoms with van der Waals surface area (Å²) >= 11 is 0. The lowest BCUT2D eigenvalue weighted by Gasteiger charge is -2.29. The number of halogens is 1. The number of ether oxygens (including phenoxy) is 2. The molecule has 0 spiro atoms. The Morgan fingerprint density at radius 3 is 2.42 bits per heavy atom. The number of hydrogen-bond donors (Lipinski definition) is 0. The van der Waals surface area contributed by atoms with Crippen LogP contribution in [0, 0.1) is 11.8 Å². The van der Waals surface area contributed by atoms with Crippen LogP contribution in [0.3, 0.4) is 0 Å². The van der Waals surface area contributed by atoms with Crippen molar-refractivity contribution >= 4 is 0 Å². The highest BCUT2D eigenvalue weighted by atomic mass is 19.1. The third-order valence-electron chi connectivity index (χ3n) is 5.74. The van der Waals surface area contributed by atoms with Crippen molar-refractivity contribution in [1.82, 2.24) is 0 Å². The molecule has 1 aliphatic carbocycles. The van der Waals surface area contributed by atoms with Crippen molar-refractivity contribution in [3.63, 3.8) is 0 Å². The fourth-order valence-corrected chi connectivity index (χ4v) is 3.92. The highest BCUT2D eigenvalue weighted by Gasteiger charge is 2.23. The van der Waals surface area contributed by atoms with Crippen molar-refractivity contribution in [2.24, 2.45) is 11.8 Å². The van der Waals surface area contributed by atoms with Gasteiger partial charge in [0.15, 0.2) is 6.29 Å². The molecule has 2 nitrogen and oxygen atoms in total. The molecule has 26 heavy (non-hydrogen) atoms. The molecule has 1 aromatic rings. The zero-order chi connectivity index (χ0) is 18.2. The summed E-state index contributed by atoms with van der Waals surface area (Å²) in [6.45, 7) is 3.85. The average molecular weight is 361 g/mol. The summed E-state index contributed by atoms with van der Waals surface area (Å²) in [6, 6.07) is 8.65. The van der Waals surface area contributed by atoms with Gasteiger partial charge in [-0.05, 0) is 50.0 Å². The Morgan fingerprint density at radius 1 is 1.00 bits per heavy atom. The maximum atomic E-state index is 13.1. The van der Waals surface area contributed by atoms with Crippen LogP contribution in [0.1, 0.15) is 75.7 Å². The topological polar surface area (TPSA) is 18.5 Å². The Kier molecular flexibility index (Phi) is 7.69. The van der Waals surface area contributed by atoms with Crippen molar-refractivity contribution < 1.29 is 13.9 Å². The van der Waals surface area contributed by atoms with Gasteiger partial charge in [-0.3, -0.25) is 0 Å². The number of unbranched alkanes of at least 4 members (excludes halogenated alkanes) is 2. The van der Waals surface area contributed by atoms with E-state index in [0.29, 0.717) is 18.3 Å². The van der Waals surface area contributed by atoms with Gasteiger partial charge in [0, 0.05) is 11.5 Å². The number of benzene rings is 1. The van der Waals surface area contributed by atoms with E-state index < -0.39 is 0 Å². The standard InChI is InChI=1S/C23H33FO2/c1-2-3-4-5-20-16-25-23(26-17-20)21-12-8-18(9-13-21)6-7-19-10-14-22(24)15-11-19/h8-9,12-14,19-20,23H,2-7,10-11,15-17H2,1H3. The Balaban J connectivity index is 1.40. The molecule has 3 rings (SSSR count). The Labute approximate surface area is 157 Å². The monoisotopic (exact) mass is 360 g/mol. The maximum absolute atomic E-state index is 13.1. The van der Waals surface area contributed by atoms with Gasteiger partial charge in [-0.2, -0.15) is 0 Å². The zero-order valence-electron chi connectivity index (χ0n) is 16.1. The molecular weight excluding hydrogens is 327 g/mol. The minimum Gasteiger partial charge on any atom is -0.348 e. The van der Waals surface area contributed by atoms with Gasteiger partial charge in [0.1, 0.15) is 0 Å². The second kappa shape index (κ2) is 10.2. The van der Waals surface area contributed by atoms with Gasteiger partial charge in [0.2, 0.25) is 0 Å².